The number of halogens is 1. The fourth-order valence-corrected chi connectivity index (χ4v) is 2.89. The van der Waals surface area contributed by atoms with Crippen LogP contribution in [0.3, 0.4) is 0 Å². The third kappa shape index (κ3) is 4.42. The Hall–Kier alpha value is -1.66. The number of nitrogens with one attached hydrogen (secondary N) is 1. The second kappa shape index (κ2) is 7.56. The van der Waals surface area contributed by atoms with E-state index in [2.05, 4.69) is 22.4 Å². The van der Waals surface area contributed by atoms with Gasteiger partial charge in [0, 0.05) is 11.4 Å². The Balaban J connectivity index is 1.96. The van der Waals surface area contributed by atoms with Crippen LogP contribution in [0.2, 0.25) is 5.02 Å². The summed E-state index contributed by atoms with van der Waals surface area (Å²) in [7, 11) is 0. The predicted octanol–water partition coefficient (Wildman–Crippen LogP) is 3.86. The van der Waals surface area contributed by atoms with Crippen LogP contribution in [0.15, 0.2) is 18.2 Å². The van der Waals surface area contributed by atoms with Crippen LogP contribution in [0.4, 0.5) is 5.13 Å². The monoisotopic (exact) mass is 339 g/mol. The van der Waals surface area contributed by atoms with E-state index in [1.54, 1.807) is 25.1 Å². The summed E-state index contributed by atoms with van der Waals surface area (Å²) in [5.41, 5.74) is 0.883. The SMILES string of the molecule is CCCc1nnc(NC(=O)C(C)Oc2ccc(Cl)cc2C)s1. The van der Waals surface area contributed by atoms with Crippen LogP contribution in [0, 0.1) is 6.92 Å². The van der Waals surface area contributed by atoms with E-state index in [9.17, 15) is 4.79 Å². The van der Waals surface area contributed by atoms with Crippen LogP contribution in [-0.4, -0.2) is 22.2 Å². The van der Waals surface area contributed by atoms with Gasteiger partial charge in [0.05, 0.1) is 0 Å². The molecule has 0 aliphatic carbocycles. The molecule has 1 aromatic carbocycles. The van der Waals surface area contributed by atoms with Gasteiger partial charge in [0.15, 0.2) is 6.10 Å². The van der Waals surface area contributed by atoms with E-state index in [1.165, 1.54) is 11.3 Å². The average Bonchev–Trinajstić information content (AvgIpc) is 2.89. The van der Waals surface area contributed by atoms with Gasteiger partial charge in [0.1, 0.15) is 10.8 Å². The van der Waals surface area contributed by atoms with Crippen LogP contribution in [0.1, 0.15) is 30.8 Å². The van der Waals surface area contributed by atoms with E-state index in [0.717, 1.165) is 23.4 Å². The molecule has 0 spiro atoms. The minimum absolute atomic E-state index is 0.256. The molecule has 0 saturated heterocycles. The summed E-state index contributed by atoms with van der Waals surface area (Å²) in [4.78, 5) is 12.1. The molecule has 0 aliphatic heterocycles. The molecule has 5 nitrogen and oxygen atoms in total. The molecule has 118 valence electrons. The van der Waals surface area contributed by atoms with Crippen molar-refractivity contribution in [1.29, 1.82) is 0 Å². The molecule has 1 unspecified atom stereocenters. The molecule has 1 aromatic heterocycles. The molecule has 1 N–H and O–H groups in total. The van der Waals surface area contributed by atoms with Crippen molar-refractivity contribution in [3.63, 3.8) is 0 Å². The normalized spacial score (nSPS) is 12.0. The number of amides is 1. The number of carbonyl (C=O) groups excluding carboxylic acids is 1. The lowest BCUT2D eigenvalue weighted by Crippen LogP contribution is -2.30. The molecular weight excluding hydrogens is 322 g/mol. The van der Waals surface area contributed by atoms with Gasteiger partial charge in [0.25, 0.3) is 5.91 Å². The number of aryl methyl sites for hydroxylation is 2. The molecular formula is C15H18ClN3O2S. The summed E-state index contributed by atoms with van der Waals surface area (Å²) in [5, 5.41) is 12.8. The third-order valence-corrected chi connectivity index (χ3v) is 4.10. The zero-order valence-electron chi connectivity index (χ0n) is 12.7. The maximum absolute atomic E-state index is 12.1. The molecule has 0 aliphatic rings. The highest BCUT2D eigenvalue weighted by Gasteiger charge is 2.17. The number of rotatable bonds is 6. The van der Waals surface area contributed by atoms with Gasteiger partial charge in [-0.25, -0.2) is 0 Å². The number of nitrogens with zero attached hydrogens (tertiary/aromatic N) is 2. The molecule has 0 bridgehead atoms. The van der Waals surface area contributed by atoms with Crippen molar-refractivity contribution in [2.75, 3.05) is 5.32 Å². The zero-order valence-corrected chi connectivity index (χ0v) is 14.3. The topological polar surface area (TPSA) is 64.1 Å². The van der Waals surface area contributed by atoms with Gasteiger partial charge in [0.2, 0.25) is 5.13 Å². The lowest BCUT2D eigenvalue weighted by atomic mass is 10.2. The highest BCUT2D eigenvalue weighted by atomic mass is 35.5. The molecule has 0 saturated carbocycles. The zero-order chi connectivity index (χ0) is 16.1. The first-order valence-corrected chi connectivity index (χ1v) is 8.25. The number of anilines is 1. The minimum Gasteiger partial charge on any atom is -0.481 e. The van der Waals surface area contributed by atoms with Crippen LogP contribution >= 0.6 is 22.9 Å². The van der Waals surface area contributed by atoms with Gasteiger partial charge >= 0.3 is 0 Å². The number of benzene rings is 1. The van der Waals surface area contributed by atoms with Crippen molar-refractivity contribution in [2.24, 2.45) is 0 Å². The Bertz CT molecular complexity index is 660. The quantitative estimate of drug-likeness (QED) is 0.868. The first-order valence-electron chi connectivity index (χ1n) is 7.05. The smallest absolute Gasteiger partial charge is 0.266 e. The Morgan fingerprint density at radius 2 is 2.23 bits per heavy atom. The highest BCUT2D eigenvalue weighted by molar-refractivity contribution is 7.15. The van der Waals surface area contributed by atoms with Gasteiger partial charge in [-0.15, -0.1) is 10.2 Å². The summed E-state index contributed by atoms with van der Waals surface area (Å²) in [6.45, 7) is 5.65. The molecule has 0 fully saturated rings. The lowest BCUT2D eigenvalue weighted by Gasteiger charge is -2.15. The molecule has 1 atom stereocenters. The number of hydrogen-bond donors (Lipinski definition) is 1. The first-order chi connectivity index (χ1) is 10.5. The van der Waals surface area contributed by atoms with Crippen molar-refractivity contribution >= 4 is 34.0 Å². The summed E-state index contributed by atoms with van der Waals surface area (Å²) in [5.74, 6) is 0.379. The van der Waals surface area contributed by atoms with Gasteiger partial charge in [-0.3, -0.25) is 10.1 Å². The Morgan fingerprint density at radius 3 is 2.91 bits per heavy atom. The Labute approximate surface area is 138 Å². The summed E-state index contributed by atoms with van der Waals surface area (Å²) in [6.07, 6.45) is 1.22. The maximum atomic E-state index is 12.1. The highest BCUT2D eigenvalue weighted by Crippen LogP contribution is 2.23. The van der Waals surface area contributed by atoms with Crippen molar-refractivity contribution in [3.05, 3.63) is 33.8 Å². The number of ether oxygens (including phenoxy) is 1. The molecule has 7 heteroatoms. The average molecular weight is 340 g/mol. The van der Waals surface area contributed by atoms with Crippen LogP contribution < -0.4 is 10.1 Å². The fourth-order valence-electron chi connectivity index (χ4n) is 1.82. The van der Waals surface area contributed by atoms with E-state index < -0.39 is 6.10 Å². The fraction of sp³-hybridized carbons (Fsp3) is 0.400. The van der Waals surface area contributed by atoms with Crippen molar-refractivity contribution in [3.8, 4) is 5.75 Å². The van der Waals surface area contributed by atoms with Crippen molar-refractivity contribution in [2.45, 2.75) is 39.7 Å². The van der Waals surface area contributed by atoms with Crippen LogP contribution in [0.25, 0.3) is 0 Å². The molecule has 0 radical (unpaired) electrons. The van der Waals surface area contributed by atoms with E-state index in [4.69, 9.17) is 16.3 Å². The third-order valence-electron chi connectivity index (χ3n) is 2.97. The summed E-state index contributed by atoms with van der Waals surface area (Å²) in [6, 6.07) is 5.28. The van der Waals surface area contributed by atoms with Gasteiger partial charge in [-0.05, 0) is 44.0 Å². The minimum atomic E-state index is -0.640. The molecule has 22 heavy (non-hydrogen) atoms. The van der Waals surface area contributed by atoms with Gasteiger partial charge in [-0.1, -0.05) is 29.9 Å². The second-order valence-corrected chi connectivity index (χ2v) is 6.41. The van der Waals surface area contributed by atoms with Crippen molar-refractivity contribution in [1.82, 2.24) is 10.2 Å². The summed E-state index contributed by atoms with van der Waals surface area (Å²) < 4.78 is 5.67. The molecule has 1 heterocycles. The predicted molar refractivity (Wildman–Crippen MR) is 88.8 cm³/mol. The van der Waals surface area contributed by atoms with E-state index >= 15 is 0 Å². The van der Waals surface area contributed by atoms with Crippen LogP contribution in [-0.2, 0) is 11.2 Å². The largest absolute Gasteiger partial charge is 0.481 e. The number of aromatic nitrogens is 2. The van der Waals surface area contributed by atoms with E-state index in [-0.39, 0.29) is 5.91 Å². The maximum Gasteiger partial charge on any atom is 0.266 e. The number of carbonyl (C=O) groups is 1. The molecule has 2 aromatic rings. The van der Waals surface area contributed by atoms with E-state index in [0.29, 0.717) is 15.9 Å². The molecule has 1 amide bonds. The Kier molecular flexibility index (Phi) is 5.74. The standard InChI is InChI=1S/C15H18ClN3O2S/c1-4-5-13-18-19-15(22-13)17-14(20)10(3)21-12-7-6-11(16)8-9(12)2/h6-8,10H,4-5H2,1-3H3,(H,17,19,20). The lowest BCUT2D eigenvalue weighted by molar-refractivity contribution is -0.122. The van der Waals surface area contributed by atoms with Gasteiger partial charge in [-0.2, -0.15) is 0 Å². The first kappa shape index (κ1) is 16.7. The Morgan fingerprint density at radius 1 is 1.45 bits per heavy atom. The van der Waals surface area contributed by atoms with Crippen LogP contribution in [0.5, 0.6) is 5.75 Å². The summed E-state index contributed by atoms with van der Waals surface area (Å²) >= 11 is 7.29. The van der Waals surface area contributed by atoms with Gasteiger partial charge < -0.3 is 4.74 Å². The number of hydrogen-bond acceptors (Lipinski definition) is 5. The van der Waals surface area contributed by atoms with E-state index in [1.807, 2.05) is 6.92 Å². The molecule has 2 rings (SSSR count). The van der Waals surface area contributed by atoms with Crippen molar-refractivity contribution < 1.29 is 9.53 Å². The second-order valence-electron chi connectivity index (χ2n) is 4.91.